The average Bonchev–Trinajstić information content (AvgIpc) is 2.69. The molecular weight excluding hydrogens is 384 g/mol. The number of benzene rings is 2. The molecular formula is C20H23ClN2O3S. The van der Waals surface area contributed by atoms with Crippen LogP contribution in [0.1, 0.15) is 31.4 Å². The van der Waals surface area contributed by atoms with Gasteiger partial charge in [-0.3, -0.25) is 4.79 Å². The molecule has 1 heterocycles. The molecule has 2 aromatic carbocycles. The number of hydrogen-bond donors (Lipinski definition) is 1. The number of sulfonamides is 1. The number of hydrogen-bond acceptors (Lipinski definition) is 3. The first-order chi connectivity index (χ1) is 12.9. The van der Waals surface area contributed by atoms with Crippen molar-refractivity contribution in [2.45, 2.75) is 30.7 Å². The van der Waals surface area contributed by atoms with E-state index in [0.717, 1.165) is 5.56 Å². The van der Waals surface area contributed by atoms with Gasteiger partial charge >= 0.3 is 0 Å². The highest BCUT2D eigenvalue weighted by Crippen LogP contribution is 2.25. The van der Waals surface area contributed by atoms with Crippen molar-refractivity contribution in [3.8, 4) is 0 Å². The van der Waals surface area contributed by atoms with Gasteiger partial charge in [0.1, 0.15) is 0 Å². The second kappa shape index (κ2) is 8.42. The molecule has 1 amide bonds. The molecule has 2 aromatic rings. The maximum absolute atomic E-state index is 12.8. The second-order valence-electron chi connectivity index (χ2n) is 6.80. The van der Waals surface area contributed by atoms with Gasteiger partial charge in [0.2, 0.25) is 15.9 Å². The fourth-order valence-electron chi connectivity index (χ4n) is 3.28. The van der Waals surface area contributed by atoms with E-state index in [1.54, 1.807) is 42.5 Å². The van der Waals surface area contributed by atoms with Crippen LogP contribution in [0.4, 0.5) is 0 Å². The number of carbonyl (C=O) groups excluding carboxylic acids is 1. The fourth-order valence-corrected chi connectivity index (χ4v) is 4.95. The van der Waals surface area contributed by atoms with Crippen molar-refractivity contribution < 1.29 is 13.2 Å². The van der Waals surface area contributed by atoms with Crippen LogP contribution in [0.5, 0.6) is 0 Å². The predicted molar refractivity (Wildman–Crippen MR) is 106 cm³/mol. The molecule has 0 saturated carbocycles. The summed E-state index contributed by atoms with van der Waals surface area (Å²) >= 11 is 5.90. The summed E-state index contributed by atoms with van der Waals surface area (Å²) in [5.74, 6) is -0.475. The van der Waals surface area contributed by atoms with Crippen molar-refractivity contribution >= 4 is 27.5 Å². The number of nitrogens with one attached hydrogen (secondary N) is 1. The summed E-state index contributed by atoms with van der Waals surface area (Å²) in [7, 11) is -3.58. The van der Waals surface area contributed by atoms with Crippen LogP contribution in [0.15, 0.2) is 59.5 Å². The van der Waals surface area contributed by atoms with Gasteiger partial charge in [-0.05, 0) is 49.6 Å². The van der Waals surface area contributed by atoms with E-state index in [1.807, 2.05) is 19.1 Å². The largest absolute Gasteiger partial charge is 0.349 e. The van der Waals surface area contributed by atoms with Crippen LogP contribution < -0.4 is 5.32 Å². The van der Waals surface area contributed by atoms with Gasteiger partial charge in [-0.1, -0.05) is 41.9 Å². The molecule has 1 saturated heterocycles. The van der Waals surface area contributed by atoms with Crippen molar-refractivity contribution in [1.29, 1.82) is 0 Å². The van der Waals surface area contributed by atoms with Gasteiger partial charge in [0.05, 0.1) is 16.9 Å². The minimum absolute atomic E-state index is 0.120. The van der Waals surface area contributed by atoms with Gasteiger partial charge in [0.25, 0.3) is 0 Å². The van der Waals surface area contributed by atoms with Gasteiger partial charge < -0.3 is 5.32 Å². The van der Waals surface area contributed by atoms with E-state index in [0.29, 0.717) is 24.4 Å². The fraction of sp³-hybridized carbons (Fsp3) is 0.350. The SMILES string of the molecule is C[C@@H](NC(=O)[C@H]1CCCN(S(=O)(=O)c2ccccc2)C1)c1ccc(Cl)cc1. The van der Waals surface area contributed by atoms with Gasteiger partial charge in [0, 0.05) is 18.1 Å². The number of carbonyl (C=O) groups is 1. The van der Waals surface area contributed by atoms with Crippen LogP contribution in [-0.2, 0) is 14.8 Å². The van der Waals surface area contributed by atoms with Crippen LogP contribution in [0.25, 0.3) is 0 Å². The Bertz CT molecular complexity index is 885. The van der Waals surface area contributed by atoms with Gasteiger partial charge in [-0.25, -0.2) is 8.42 Å². The number of halogens is 1. The Labute approximate surface area is 165 Å². The van der Waals surface area contributed by atoms with Crippen molar-refractivity contribution in [2.24, 2.45) is 5.92 Å². The highest BCUT2D eigenvalue weighted by Gasteiger charge is 2.33. The molecule has 3 rings (SSSR count). The zero-order valence-corrected chi connectivity index (χ0v) is 16.7. The van der Waals surface area contributed by atoms with Crippen LogP contribution in [0, 0.1) is 5.92 Å². The summed E-state index contributed by atoms with van der Waals surface area (Å²) in [5.41, 5.74) is 0.956. The lowest BCUT2D eigenvalue weighted by molar-refractivity contribution is -0.126. The predicted octanol–water partition coefficient (Wildman–Crippen LogP) is 3.62. The molecule has 1 N–H and O–H groups in total. The maximum atomic E-state index is 12.8. The molecule has 0 spiro atoms. The summed E-state index contributed by atoms with van der Waals surface area (Å²) in [5, 5.41) is 3.64. The summed E-state index contributed by atoms with van der Waals surface area (Å²) < 4.78 is 27.0. The molecule has 7 heteroatoms. The molecule has 1 fully saturated rings. The minimum atomic E-state index is -3.58. The Kier molecular flexibility index (Phi) is 6.19. The van der Waals surface area contributed by atoms with Gasteiger partial charge in [-0.15, -0.1) is 0 Å². The van der Waals surface area contributed by atoms with Crippen molar-refractivity contribution in [1.82, 2.24) is 9.62 Å². The number of nitrogens with zero attached hydrogens (tertiary/aromatic N) is 1. The summed E-state index contributed by atoms with van der Waals surface area (Å²) in [6.45, 7) is 2.55. The zero-order valence-electron chi connectivity index (χ0n) is 15.1. The van der Waals surface area contributed by atoms with E-state index < -0.39 is 10.0 Å². The Morgan fingerprint density at radius 1 is 1.15 bits per heavy atom. The van der Waals surface area contributed by atoms with E-state index in [9.17, 15) is 13.2 Å². The molecule has 27 heavy (non-hydrogen) atoms. The minimum Gasteiger partial charge on any atom is -0.349 e. The monoisotopic (exact) mass is 406 g/mol. The number of piperidine rings is 1. The van der Waals surface area contributed by atoms with Crippen LogP contribution in [0.2, 0.25) is 5.02 Å². The first-order valence-corrected chi connectivity index (χ1v) is 10.8. The molecule has 1 aliphatic rings. The lowest BCUT2D eigenvalue weighted by Gasteiger charge is -2.32. The van der Waals surface area contributed by atoms with Crippen molar-refractivity contribution in [3.63, 3.8) is 0 Å². The molecule has 1 aliphatic heterocycles. The standard InChI is InChI=1S/C20H23ClN2O3S/c1-15(16-9-11-18(21)12-10-16)22-20(24)17-6-5-13-23(14-17)27(25,26)19-7-3-2-4-8-19/h2-4,7-12,15,17H,5-6,13-14H2,1H3,(H,22,24)/t15-,17+/m1/s1. The van der Waals surface area contributed by atoms with E-state index in [4.69, 9.17) is 11.6 Å². The molecule has 0 unspecified atom stereocenters. The molecule has 0 aliphatic carbocycles. The first kappa shape index (κ1) is 19.9. The molecule has 2 atom stereocenters. The first-order valence-electron chi connectivity index (χ1n) is 8.99. The smallest absolute Gasteiger partial charge is 0.243 e. The van der Waals surface area contributed by atoms with Crippen LogP contribution >= 0.6 is 11.6 Å². The Morgan fingerprint density at radius 2 is 1.81 bits per heavy atom. The molecule has 0 radical (unpaired) electrons. The van der Waals surface area contributed by atoms with E-state index in [1.165, 1.54) is 4.31 Å². The van der Waals surface area contributed by atoms with Crippen molar-refractivity contribution in [3.05, 3.63) is 65.2 Å². The normalized spacial score (nSPS) is 19.4. The number of rotatable bonds is 5. The Hall–Kier alpha value is -1.89. The topological polar surface area (TPSA) is 66.5 Å². The van der Waals surface area contributed by atoms with Crippen LogP contribution in [-0.4, -0.2) is 31.7 Å². The highest BCUT2D eigenvalue weighted by atomic mass is 35.5. The lowest BCUT2D eigenvalue weighted by Crippen LogP contribution is -2.45. The van der Waals surface area contributed by atoms with Crippen molar-refractivity contribution in [2.75, 3.05) is 13.1 Å². The Balaban J connectivity index is 1.67. The summed E-state index contributed by atoms with van der Waals surface area (Å²) in [6, 6.07) is 15.5. The van der Waals surface area contributed by atoms with E-state index in [-0.39, 0.29) is 29.3 Å². The average molecular weight is 407 g/mol. The highest BCUT2D eigenvalue weighted by molar-refractivity contribution is 7.89. The quantitative estimate of drug-likeness (QED) is 0.824. The van der Waals surface area contributed by atoms with Gasteiger partial charge in [-0.2, -0.15) is 4.31 Å². The maximum Gasteiger partial charge on any atom is 0.243 e. The van der Waals surface area contributed by atoms with Crippen LogP contribution in [0.3, 0.4) is 0 Å². The third-order valence-corrected chi connectivity index (χ3v) is 7.00. The molecule has 0 bridgehead atoms. The lowest BCUT2D eigenvalue weighted by atomic mass is 9.98. The third-order valence-electron chi connectivity index (χ3n) is 4.86. The third kappa shape index (κ3) is 4.69. The molecule has 144 valence electrons. The molecule has 5 nitrogen and oxygen atoms in total. The van der Waals surface area contributed by atoms with E-state index in [2.05, 4.69) is 5.32 Å². The number of amides is 1. The van der Waals surface area contributed by atoms with Gasteiger partial charge in [0.15, 0.2) is 0 Å². The Morgan fingerprint density at radius 3 is 2.48 bits per heavy atom. The van der Waals surface area contributed by atoms with E-state index >= 15 is 0 Å². The second-order valence-corrected chi connectivity index (χ2v) is 9.17. The summed E-state index contributed by atoms with van der Waals surface area (Å²) in [4.78, 5) is 13.0. The molecule has 0 aromatic heterocycles. The zero-order chi connectivity index (χ0) is 19.4. The summed E-state index contributed by atoms with van der Waals surface area (Å²) in [6.07, 6.45) is 1.35.